The molecule has 178 valence electrons. The Labute approximate surface area is 198 Å². The Balaban J connectivity index is 0.00000289. The van der Waals surface area contributed by atoms with Crippen molar-refractivity contribution in [3.8, 4) is 0 Å². The molecule has 1 saturated carbocycles. The van der Waals surface area contributed by atoms with Gasteiger partial charge in [0.1, 0.15) is 0 Å². The molecular formula is C25H38ClN3O3. The van der Waals surface area contributed by atoms with E-state index in [1.807, 2.05) is 11.8 Å². The smallest absolute Gasteiger partial charge is 0.325 e. The van der Waals surface area contributed by atoms with E-state index in [4.69, 9.17) is 4.74 Å². The number of urea groups is 1. The molecule has 0 N–H and O–H groups in total. The number of carbonyl (C=O) groups excluding carboxylic acids is 2. The Hall–Kier alpha value is -1.79. The highest BCUT2D eigenvalue weighted by molar-refractivity contribution is 5.95. The number of halogens is 1. The molecule has 1 unspecified atom stereocenters. The Morgan fingerprint density at radius 1 is 1.09 bits per heavy atom. The number of ether oxygens (including phenoxy) is 1. The molecule has 1 atom stereocenters. The molecule has 4 rings (SSSR count). The molecule has 3 aliphatic rings. The molecule has 0 radical (unpaired) electrons. The lowest BCUT2D eigenvalue weighted by Gasteiger charge is -2.30. The number of amides is 2. The maximum atomic E-state index is 13.6. The van der Waals surface area contributed by atoms with E-state index in [0.29, 0.717) is 32.0 Å². The predicted molar refractivity (Wildman–Crippen MR) is 130 cm³/mol. The summed E-state index contributed by atoms with van der Waals surface area (Å²) < 4.78 is 5.15. The molecule has 2 heterocycles. The van der Waals surface area contributed by atoms with E-state index in [1.54, 1.807) is 0 Å². The second kappa shape index (κ2) is 11.4. The fourth-order valence-electron chi connectivity index (χ4n) is 5.41. The molecule has 2 aliphatic heterocycles. The normalized spacial score (nSPS) is 22.3. The first kappa shape index (κ1) is 24.8. The number of rotatable bonds is 6. The number of hydrogen-bond acceptors (Lipinski definition) is 4. The third-order valence-electron chi connectivity index (χ3n) is 7.22. The lowest BCUT2D eigenvalue weighted by molar-refractivity contribution is -0.143. The molecule has 2 fully saturated rings. The number of anilines is 1. The molecule has 6 nitrogen and oxygen atoms in total. The molecule has 1 saturated heterocycles. The summed E-state index contributed by atoms with van der Waals surface area (Å²) >= 11 is 0. The first-order valence-electron chi connectivity index (χ1n) is 12.1. The van der Waals surface area contributed by atoms with Crippen LogP contribution in [0.5, 0.6) is 0 Å². The van der Waals surface area contributed by atoms with Crippen LogP contribution in [0, 0.1) is 0 Å². The highest BCUT2D eigenvalue weighted by atomic mass is 35.5. The molecule has 7 heteroatoms. The minimum absolute atomic E-state index is 0. The summed E-state index contributed by atoms with van der Waals surface area (Å²) in [5.74, 6) is -0.170. The van der Waals surface area contributed by atoms with Crippen molar-refractivity contribution in [2.75, 3.05) is 38.2 Å². The first-order chi connectivity index (χ1) is 15.1. The summed E-state index contributed by atoms with van der Waals surface area (Å²) in [5, 5.41) is 0. The van der Waals surface area contributed by atoms with Gasteiger partial charge < -0.3 is 14.5 Å². The van der Waals surface area contributed by atoms with Crippen molar-refractivity contribution in [2.24, 2.45) is 0 Å². The molecule has 1 aromatic rings. The van der Waals surface area contributed by atoms with Gasteiger partial charge in [-0.3, -0.25) is 9.69 Å². The SMILES string of the molecule is CCOC(=O)CCC1CN(C2CCCCC2)C(=O)N1c1ccc2c(c1)CCN(C)CC2.Cl. The number of fused-ring (bicyclic) bond motifs is 1. The molecule has 0 aromatic heterocycles. The number of esters is 1. The van der Waals surface area contributed by atoms with Gasteiger partial charge in [0.05, 0.1) is 12.6 Å². The maximum absolute atomic E-state index is 13.6. The van der Waals surface area contributed by atoms with E-state index in [9.17, 15) is 9.59 Å². The van der Waals surface area contributed by atoms with Crippen LogP contribution in [-0.4, -0.2) is 67.2 Å². The van der Waals surface area contributed by atoms with Crippen molar-refractivity contribution in [2.45, 2.75) is 76.8 Å². The van der Waals surface area contributed by atoms with Gasteiger partial charge in [0.2, 0.25) is 0 Å². The number of nitrogens with zero attached hydrogens (tertiary/aromatic N) is 3. The van der Waals surface area contributed by atoms with E-state index < -0.39 is 0 Å². The summed E-state index contributed by atoms with van der Waals surface area (Å²) in [7, 11) is 2.17. The molecule has 0 bridgehead atoms. The van der Waals surface area contributed by atoms with Crippen LogP contribution >= 0.6 is 12.4 Å². The van der Waals surface area contributed by atoms with Crippen molar-refractivity contribution in [1.29, 1.82) is 0 Å². The van der Waals surface area contributed by atoms with Crippen LogP contribution in [0.15, 0.2) is 18.2 Å². The molecule has 2 amide bonds. The largest absolute Gasteiger partial charge is 0.466 e. The van der Waals surface area contributed by atoms with Gasteiger partial charge in [-0.1, -0.05) is 25.3 Å². The Morgan fingerprint density at radius 2 is 1.81 bits per heavy atom. The second-order valence-electron chi connectivity index (χ2n) is 9.35. The average Bonchev–Trinajstić information content (AvgIpc) is 2.99. The van der Waals surface area contributed by atoms with Crippen molar-refractivity contribution in [3.05, 3.63) is 29.3 Å². The Morgan fingerprint density at radius 3 is 2.53 bits per heavy atom. The van der Waals surface area contributed by atoms with Crippen molar-refractivity contribution < 1.29 is 14.3 Å². The molecule has 1 aromatic carbocycles. The van der Waals surface area contributed by atoms with Gasteiger partial charge in [0.25, 0.3) is 0 Å². The van der Waals surface area contributed by atoms with E-state index in [-0.39, 0.29) is 30.4 Å². The summed E-state index contributed by atoms with van der Waals surface area (Å²) in [6.07, 6.45) is 8.95. The van der Waals surface area contributed by atoms with E-state index in [1.165, 1.54) is 30.4 Å². The summed E-state index contributed by atoms with van der Waals surface area (Å²) in [6, 6.07) is 7.03. The number of benzene rings is 1. The fourth-order valence-corrected chi connectivity index (χ4v) is 5.41. The number of hydrogen-bond donors (Lipinski definition) is 0. The molecule has 1 aliphatic carbocycles. The summed E-state index contributed by atoms with van der Waals surface area (Å²) in [6.45, 7) is 5.07. The lowest BCUT2D eigenvalue weighted by atomic mass is 9.94. The van der Waals surface area contributed by atoms with Crippen molar-refractivity contribution >= 4 is 30.1 Å². The highest BCUT2D eigenvalue weighted by Gasteiger charge is 2.41. The quantitative estimate of drug-likeness (QED) is 0.586. The average molecular weight is 464 g/mol. The third-order valence-corrected chi connectivity index (χ3v) is 7.22. The van der Waals surface area contributed by atoms with Gasteiger partial charge >= 0.3 is 12.0 Å². The van der Waals surface area contributed by atoms with Gasteiger partial charge in [-0.05, 0) is 69.3 Å². The van der Waals surface area contributed by atoms with Crippen molar-refractivity contribution in [3.63, 3.8) is 0 Å². The van der Waals surface area contributed by atoms with Gasteiger partial charge in [-0.25, -0.2) is 4.79 Å². The molecule has 0 spiro atoms. The third kappa shape index (κ3) is 5.57. The van der Waals surface area contributed by atoms with E-state index in [0.717, 1.165) is 44.5 Å². The monoisotopic (exact) mass is 463 g/mol. The second-order valence-corrected chi connectivity index (χ2v) is 9.35. The zero-order valence-corrected chi connectivity index (χ0v) is 20.4. The first-order valence-corrected chi connectivity index (χ1v) is 12.1. The van der Waals surface area contributed by atoms with Crippen LogP contribution < -0.4 is 4.90 Å². The molecule has 32 heavy (non-hydrogen) atoms. The zero-order chi connectivity index (χ0) is 21.8. The van der Waals surface area contributed by atoms with Gasteiger partial charge in [0, 0.05) is 37.8 Å². The fraction of sp³-hybridized carbons (Fsp3) is 0.680. The van der Waals surface area contributed by atoms with Crippen LogP contribution in [0.4, 0.5) is 10.5 Å². The Kier molecular flexibility index (Phi) is 8.83. The lowest BCUT2D eigenvalue weighted by Crippen LogP contribution is -2.40. The topological polar surface area (TPSA) is 53.1 Å². The van der Waals surface area contributed by atoms with Crippen LogP contribution in [0.2, 0.25) is 0 Å². The van der Waals surface area contributed by atoms with Crippen LogP contribution in [0.3, 0.4) is 0 Å². The number of likely N-dealkylation sites (N-methyl/N-ethyl adjacent to an activating group) is 1. The van der Waals surface area contributed by atoms with Crippen molar-refractivity contribution in [1.82, 2.24) is 9.80 Å². The predicted octanol–water partition coefficient (Wildman–Crippen LogP) is 4.43. The van der Waals surface area contributed by atoms with Crippen LogP contribution in [-0.2, 0) is 22.4 Å². The van der Waals surface area contributed by atoms with Gasteiger partial charge in [-0.2, -0.15) is 0 Å². The van der Waals surface area contributed by atoms with Gasteiger partial charge in [0.15, 0.2) is 0 Å². The van der Waals surface area contributed by atoms with E-state index >= 15 is 0 Å². The van der Waals surface area contributed by atoms with Crippen LogP contribution in [0.25, 0.3) is 0 Å². The van der Waals surface area contributed by atoms with Gasteiger partial charge in [-0.15, -0.1) is 12.4 Å². The maximum Gasteiger partial charge on any atom is 0.325 e. The highest BCUT2D eigenvalue weighted by Crippen LogP contribution is 2.34. The summed E-state index contributed by atoms with van der Waals surface area (Å²) in [4.78, 5) is 32.1. The molecular weight excluding hydrogens is 426 g/mol. The minimum atomic E-state index is -0.170. The Bertz CT molecular complexity index is 797. The standard InChI is InChI=1S/C25H37N3O3.ClH/c1-3-31-24(29)12-11-23-18-27(21-7-5-4-6-8-21)25(30)28(23)22-10-9-19-13-15-26(2)16-14-20(19)17-22;/h9-10,17,21,23H,3-8,11-16,18H2,1-2H3;1H. The number of carbonyl (C=O) groups is 2. The van der Waals surface area contributed by atoms with Crippen LogP contribution in [0.1, 0.15) is 63.0 Å². The summed E-state index contributed by atoms with van der Waals surface area (Å²) in [5.41, 5.74) is 3.74. The zero-order valence-electron chi connectivity index (χ0n) is 19.6. The van der Waals surface area contributed by atoms with E-state index in [2.05, 4.69) is 35.0 Å². The minimum Gasteiger partial charge on any atom is -0.466 e.